The molecule has 0 unspecified atom stereocenters. The molecule has 8 nitrogen and oxygen atoms in total. The number of anilines is 1. The summed E-state index contributed by atoms with van der Waals surface area (Å²) in [6.45, 7) is 1.90. The monoisotopic (exact) mass is 486 g/mol. The zero-order valence-electron chi connectivity index (χ0n) is 13.7. The number of rotatable bonds is 7. The first-order chi connectivity index (χ1) is 12.3. The highest BCUT2D eigenvalue weighted by Crippen LogP contribution is 2.22. The summed E-state index contributed by atoms with van der Waals surface area (Å²) in [4.78, 5) is 34.3. The molecule has 0 aliphatic carbocycles. The molecule has 0 fully saturated rings. The molecule has 0 saturated heterocycles. The summed E-state index contributed by atoms with van der Waals surface area (Å²) in [5.74, 6) is -0.677. The van der Waals surface area contributed by atoms with E-state index < -0.39 is 10.8 Å². The van der Waals surface area contributed by atoms with Crippen LogP contribution < -0.4 is 10.7 Å². The first kappa shape index (κ1) is 20.0. The zero-order chi connectivity index (χ0) is 19.1. The number of thiophene rings is 1. The maximum atomic E-state index is 11.9. The van der Waals surface area contributed by atoms with Crippen LogP contribution in [-0.2, 0) is 9.59 Å². The molecular weight excluding hydrogens is 471 g/mol. The minimum Gasteiger partial charge on any atom is -0.326 e. The average Bonchev–Trinajstić information content (AvgIpc) is 3.05. The predicted octanol–water partition coefficient (Wildman–Crippen LogP) is 3.44. The lowest BCUT2D eigenvalue weighted by Gasteiger charge is -2.08. The smallest absolute Gasteiger partial charge is 0.324 e. The molecule has 0 aliphatic rings. The fraction of sp³-hybridized carbons (Fsp3) is 0.188. The Balaban J connectivity index is 1.76. The third-order valence-corrected chi connectivity index (χ3v) is 4.86. The van der Waals surface area contributed by atoms with Gasteiger partial charge in [0.15, 0.2) is 0 Å². The molecule has 2 rings (SSSR count). The van der Waals surface area contributed by atoms with Crippen LogP contribution in [0.5, 0.6) is 0 Å². The number of hydrazone groups is 1. The van der Waals surface area contributed by atoms with Crippen LogP contribution in [-0.4, -0.2) is 23.0 Å². The highest BCUT2D eigenvalue weighted by atomic mass is 127. The van der Waals surface area contributed by atoms with E-state index in [9.17, 15) is 19.7 Å². The number of aryl methyl sites for hydroxylation is 1. The third-order valence-electron chi connectivity index (χ3n) is 3.22. The maximum absolute atomic E-state index is 11.9. The Morgan fingerprint density at radius 2 is 2.00 bits per heavy atom. The van der Waals surface area contributed by atoms with Crippen LogP contribution in [0.25, 0.3) is 0 Å². The molecule has 2 amide bonds. The van der Waals surface area contributed by atoms with Crippen molar-refractivity contribution in [3.8, 4) is 0 Å². The SMILES string of the molecule is Cc1cc(I)ccc1NC(=O)CCC(=O)NN=Cc1ccc([N+](=O)[O-])s1. The predicted molar refractivity (Wildman–Crippen MR) is 108 cm³/mol. The van der Waals surface area contributed by atoms with Crippen molar-refractivity contribution in [3.05, 3.63) is 54.5 Å². The number of benzene rings is 1. The van der Waals surface area contributed by atoms with Crippen LogP contribution in [0.1, 0.15) is 23.3 Å². The first-order valence-electron chi connectivity index (χ1n) is 7.47. The summed E-state index contributed by atoms with van der Waals surface area (Å²) in [7, 11) is 0. The quantitative estimate of drug-likeness (QED) is 0.270. The van der Waals surface area contributed by atoms with Crippen molar-refractivity contribution in [2.75, 3.05) is 5.32 Å². The van der Waals surface area contributed by atoms with E-state index >= 15 is 0 Å². The zero-order valence-corrected chi connectivity index (χ0v) is 16.7. The summed E-state index contributed by atoms with van der Waals surface area (Å²) >= 11 is 3.14. The van der Waals surface area contributed by atoms with Crippen LogP contribution in [0.4, 0.5) is 10.7 Å². The summed E-state index contributed by atoms with van der Waals surface area (Å²) in [5, 5.41) is 17.1. The lowest BCUT2D eigenvalue weighted by Crippen LogP contribution is -2.20. The summed E-state index contributed by atoms with van der Waals surface area (Å²) in [6, 6.07) is 8.56. The molecule has 1 aromatic heterocycles. The summed E-state index contributed by atoms with van der Waals surface area (Å²) < 4.78 is 1.08. The Kier molecular flexibility index (Phi) is 7.21. The van der Waals surface area contributed by atoms with E-state index in [1.807, 2.05) is 25.1 Å². The van der Waals surface area contributed by atoms with Crippen LogP contribution >= 0.6 is 33.9 Å². The number of nitro groups is 1. The number of nitrogens with one attached hydrogen (secondary N) is 2. The van der Waals surface area contributed by atoms with Gasteiger partial charge in [0.1, 0.15) is 0 Å². The van der Waals surface area contributed by atoms with Crippen molar-refractivity contribution in [2.45, 2.75) is 19.8 Å². The van der Waals surface area contributed by atoms with E-state index in [1.54, 1.807) is 0 Å². The van der Waals surface area contributed by atoms with Gasteiger partial charge >= 0.3 is 5.00 Å². The number of carbonyl (C=O) groups excluding carboxylic acids is 2. The molecule has 2 aromatic rings. The van der Waals surface area contributed by atoms with Crippen LogP contribution in [0.15, 0.2) is 35.4 Å². The Labute approximate surface area is 167 Å². The standard InChI is InChI=1S/C16H15IN4O4S/c1-10-8-11(17)2-4-13(10)19-14(22)5-6-15(23)20-18-9-12-3-7-16(26-12)21(24)25/h2-4,7-9H,5-6H2,1H3,(H,19,22)(H,20,23). The molecule has 0 atom stereocenters. The molecule has 0 saturated carbocycles. The average molecular weight is 486 g/mol. The minimum absolute atomic E-state index is 0.000315. The number of nitrogens with zero attached hydrogens (tertiary/aromatic N) is 2. The lowest BCUT2D eigenvalue weighted by atomic mass is 10.2. The number of amides is 2. The largest absolute Gasteiger partial charge is 0.326 e. The highest BCUT2D eigenvalue weighted by molar-refractivity contribution is 14.1. The van der Waals surface area contributed by atoms with E-state index in [0.29, 0.717) is 10.6 Å². The van der Waals surface area contributed by atoms with Gasteiger partial charge in [-0.2, -0.15) is 5.10 Å². The molecule has 2 N–H and O–H groups in total. The van der Waals surface area contributed by atoms with E-state index in [-0.39, 0.29) is 23.7 Å². The van der Waals surface area contributed by atoms with Crippen molar-refractivity contribution >= 4 is 62.6 Å². The highest BCUT2D eigenvalue weighted by Gasteiger charge is 2.09. The van der Waals surface area contributed by atoms with Crippen molar-refractivity contribution < 1.29 is 14.5 Å². The second kappa shape index (κ2) is 9.38. The van der Waals surface area contributed by atoms with Crippen molar-refractivity contribution in [2.24, 2.45) is 5.10 Å². The number of halogens is 1. The van der Waals surface area contributed by atoms with Crippen LogP contribution in [0.2, 0.25) is 0 Å². The fourth-order valence-electron chi connectivity index (χ4n) is 1.94. The fourth-order valence-corrected chi connectivity index (χ4v) is 3.28. The molecule has 1 aromatic carbocycles. The Hall–Kier alpha value is -2.34. The molecule has 10 heteroatoms. The number of carbonyl (C=O) groups is 2. The van der Waals surface area contributed by atoms with E-state index in [2.05, 4.69) is 38.4 Å². The van der Waals surface area contributed by atoms with Crippen molar-refractivity contribution in [1.82, 2.24) is 5.43 Å². The number of hydrogen-bond donors (Lipinski definition) is 2. The van der Waals surface area contributed by atoms with E-state index in [1.165, 1.54) is 18.3 Å². The van der Waals surface area contributed by atoms with Gasteiger partial charge in [-0.25, -0.2) is 5.43 Å². The normalized spacial score (nSPS) is 10.7. The Bertz CT molecular complexity index is 866. The van der Waals surface area contributed by atoms with Gasteiger partial charge < -0.3 is 5.32 Å². The summed E-state index contributed by atoms with van der Waals surface area (Å²) in [5.41, 5.74) is 3.96. The van der Waals surface area contributed by atoms with Gasteiger partial charge in [0.25, 0.3) is 0 Å². The first-order valence-corrected chi connectivity index (χ1v) is 9.37. The van der Waals surface area contributed by atoms with E-state index in [0.717, 1.165) is 20.5 Å². The molecule has 0 spiro atoms. The molecule has 1 heterocycles. The van der Waals surface area contributed by atoms with Crippen LogP contribution in [0, 0.1) is 20.6 Å². The molecule has 26 heavy (non-hydrogen) atoms. The lowest BCUT2D eigenvalue weighted by molar-refractivity contribution is -0.380. The Morgan fingerprint density at radius 1 is 1.27 bits per heavy atom. The van der Waals surface area contributed by atoms with Gasteiger partial charge in [-0.15, -0.1) is 0 Å². The van der Waals surface area contributed by atoms with Gasteiger partial charge in [0.05, 0.1) is 16.0 Å². The second-order valence-corrected chi connectivity index (χ2v) is 7.57. The van der Waals surface area contributed by atoms with Gasteiger partial charge in [0, 0.05) is 28.2 Å². The topological polar surface area (TPSA) is 114 Å². The molecule has 136 valence electrons. The second-order valence-electron chi connectivity index (χ2n) is 5.23. The Morgan fingerprint density at radius 3 is 2.65 bits per heavy atom. The minimum atomic E-state index is -0.492. The van der Waals surface area contributed by atoms with Gasteiger partial charge in [-0.05, 0) is 59.3 Å². The molecule has 0 radical (unpaired) electrons. The third kappa shape index (κ3) is 6.19. The van der Waals surface area contributed by atoms with Gasteiger partial charge in [-0.3, -0.25) is 19.7 Å². The van der Waals surface area contributed by atoms with Crippen molar-refractivity contribution in [1.29, 1.82) is 0 Å². The number of hydrogen-bond acceptors (Lipinski definition) is 6. The van der Waals surface area contributed by atoms with Gasteiger partial charge in [0.2, 0.25) is 11.8 Å². The summed E-state index contributed by atoms with van der Waals surface area (Å²) in [6.07, 6.45) is 1.33. The molecule has 0 bridgehead atoms. The maximum Gasteiger partial charge on any atom is 0.324 e. The van der Waals surface area contributed by atoms with Crippen molar-refractivity contribution in [3.63, 3.8) is 0 Å². The van der Waals surface area contributed by atoms with E-state index in [4.69, 9.17) is 0 Å². The van der Waals surface area contributed by atoms with Gasteiger partial charge in [-0.1, -0.05) is 11.3 Å². The molecular formula is C16H15IN4O4S. The van der Waals surface area contributed by atoms with Crippen LogP contribution in [0.3, 0.4) is 0 Å². The molecule has 0 aliphatic heterocycles.